The van der Waals surface area contributed by atoms with Gasteiger partial charge in [0.1, 0.15) is 6.10 Å². The highest BCUT2D eigenvalue weighted by Gasteiger charge is 2.33. The van der Waals surface area contributed by atoms with Crippen molar-refractivity contribution in [3.63, 3.8) is 0 Å². The first kappa shape index (κ1) is 18.8. The molecule has 138 valence electrons. The fourth-order valence-electron chi connectivity index (χ4n) is 2.68. The third-order valence-corrected chi connectivity index (χ3v) is 6.26. The molecule has 9 heteroatoms. The van der Waals surface area contributed by atoms with Gasteiger partial charge in [0.15, 0.2) is 0 Å². The number of sulfonamides is 1. The van der Waals surface area contributed by atoms with E-state index >= 15 is 0 Å². The Morgan fingerprint density at radius 1 is 1.27 bits per heavy atom. The number of nitrogens with zero attached hydrogens (tertiary/aromatic N) is 2. The zero-order chi connectivity index (χ0) is 18.7. The van der Waals surface area contributed by atoms with Gasteiger partial charge < -0.3 is 10.1 Å². The molecule has 1 aliphatic heterocycles. The molecule has 1 unspecified atom stereocenters. The number of rotatable bonds is 5. The van der Waals surface area contributed by atoms with E-state index in [0.29, 0.717) is 24.5 Å². The zero-order valence-corrected chi connectivity index (χ0v) is 16.5. The van der Waals surface area contributed by atoms with Crippen LogP contribution in [0.15, 0.2) is 52.0 Å². The molecular formula is C17H18BrN3O4S. The van der Waals surface area contributed by atoms with Crippen molar-refractivity contribution in [2.45, 2.75) is 24.3 Å². The first-order valence-corrected chi connectivity index (χ1v) is 10.2. The van der Waals surface area contributed by atoms with Gasteiger partial charge >= 0.3 is 0 Å². The Morgan fingerprint density at radius 3 is 2.62 bits per heavy atom. The molecule has 0 radical (unpaired) electrons. The Balaban J connectivity index is 1.66. The van der Waals surface area contributed by atoms with Crippen LogP contribution in [0.3, 0.4) is 0 Å². The molecule has 2 heterocycles. The molecule has 0 aliphatic carbocycles. The van der Waals surface area contributed by atoms with Crippen LogP contribution >= 0.6 is 15.9 Å². The number of hydrogen-bond donors (Lipinski definition) is 1. The molecule has 1 N–H and O–H groups in total. The summed E-state index contributed by atoms with van der Waals surface area (Å²) in [5, 5.41) is 2.61. The summed E-state index contributed by atoms with van der Waals surface area (Å²) in [6, 6.07) is 9.69. The lowest BCUT2D eigenvalue weighted by Crippen LogP contribution is -2.31. The summed E-state index contributed by atoms with van der Waals surface area (Å²) in [4.78, 5) is 15.4. The Hall–Kier alpha value is -1.97. The number of anilines is 1. The summed E-state index contributed by atoms with van der Waals surface area (Å²) >= 11 is 3.31. The molecule has 1 fully saturated rings. The van der Waals surface area contributed by atoms with Crippen LogP contribution in [0.2, 0.25) is 0 Å². The Kier molecular flexibility index (Phi) is 5.59. The van der Waals surface area contributed by atoms with Crippen LogP contribution < -0.4 is 10.1 Å². The predicted molar refractivity (Wildman–Crippen MR) is 100 cm³/mol. The molecule has 7 nitrogen and oxygen atoms in total. The Bertz CT molecular complexity index is 885. The van der Waals surface area contributed by atoms with Gasteiger partial charge in [0.2, 0.25) is 21.8 Å². The highest BCUT2D eigenvalue weighted by Crippen LogP contribution is 2.25. The molecule has 1 aromatic carbocycles. The average molecular weight is 440 g/mol. The fraction of sp³-hybridized carbons (Fsp3) is 0.294. The minimum atomic E-state index is -3.60. The number of aromatic nitrogens is 1. The standard InChI is InChI=1S/C17H18BrN3O4S/c1-12(22)20-14-3-5-16(6-4-14)26(23,24)21-9-8-15(11-21)25-17-7-2-13(18)10-19-17/h2-7,10,15H,8-9,11H2,1H3,(H,20,22). The van der Waals surface area contributed by atoms with Gasteiger partial charge in [-0.05, 0) is 52.7 Å². The van der Waals surface area contributed by atoms with Crippen LogP contribution in [0.4, 0.5) is 5.69 Å². The molecule has 0 saturated carbocycles. The van der Waals surface area contributed by atoms with Crippen molar-refractivity contribution in [2.75, 3.05) is 18.4 Å². The van der Waals surface area contributed by atoms with Crippen molar-refractivity contribution < 1.29 is 17.9 Å². The lowest BCUT2D eigenvalue weighted by atomic mass is 10.3. The number of nitrogens with one attached hydrogen (secondary N) is 1. The second-order valence-corrected chi connectivity index (χ2v) is 8.77. The van der Waals surface area contributed by atoms with Gasteiger partial charge in [-0.25, -0.2) is 13.4 Å². The number of carbonyl (C=O) groups excluding carboxylic acids is 1. The monoisotopic (exact) mass is 439 g/mol. The van der Waals surface area contributed by atoms with E-state index in [1.165, 1.54) is 23.4 Å². The summed E-state index contributed by atoms with van der Waals surface area (Å²) < 4.78 is 33.6. The second-order valence-electron chi connectivity index (χ2n) is 5.91. The van der Waals surface area contributed by atoms with Gasteiger partial charge in [-0.2, -0.15) is 4.31 Å². The molecule has 1 atom stereocenters. The lowest BCUT2D eigenvalue weighted by molar-refractivity contribution is -0.114. The van der Waals surface area contributed by atoms with E-state index in [1.54, 1.807) is 24.4 Å². The van der Waals surface area contributed by atoms with Gasteiger partial charge in [0.25, 0.3) is 0 Å². The van der Waals surface area contributed by atoms with E-state index in [0.717, 1.165) is 4.47 Å². The van der Waals surface area contributed by atoms with Crippen molar-refractivity contribution in [1.82, 2.24) is 9.29 Å². The predicted octanol–water partition coefficient (Wildman–Crippen LogP) is 2.64. The lowest BCUT2D eigenvalue weighted by Gasteiger charge is -2.17. The normalized spacial score (nSPS) is 17.8. The SMILES string of the molecule is CC(=O)Nc1ccc(S(=O)(=O)N2CCC(Oc3ccc(Br)cn3)C2)cc1. The Morgan fingerprint density at radius 2 is 2.00 bits per heavy atom. The van der Waals surface area contributed by atoms with Crippen molar-refractivity contribution in [3.05, 3.63) is 47.1 Å². The number of hydrogen-bond acceptors (Lipinski definition) is 5. The average Bonchev–Trinajstić information content (AvgIpc) is 3.06. The van der Waals surface area contributed by atoms with Gasteiger partial charge in [-0.15, -0.1) is 0 Å². The second kappa shape index (κ2) is 7.73. The van der Waals surface area contributed by atoms with E-state index in [4.69, 9.17) is 4.74 Å². The maximum Gasteiger partial charge on any atom is 0.243 e. The van der Waals surface area contributed by atoms with Crippen LogP contribution in [0.25, 0.3) is 0 Å². The van der Waals surface area contributed by atoms with Gasteiger partial charge in [-0.1, -0.05) is 0 Å². The third kappa shape index (κ3) is 4.40. The number of halogens is 1. The van der Waals surface area contributed by atoms with E-state index in [1.807, 2.05) is 6.07 Å². The van der Waals surface area contributed by atoms with E-state index < -0.39 is 10.0 Å². The van der Waals surface area contributed by atoms with Crippen molar-refractivity contribution in [2.24, 2.45) is 0 Å². The smallest absolute Gasteiger partial charge is 0.243 e. The molecule has 2 aromatic rings. The van der Waals surface area contributed by atoms with E-state index in [-0.39, 0.29) is 23.5 Å². The highest BCUT2D eigenvalue weighted by atomic mass is 79.9. The molecule has 26 heavy (non-hydrogen) atoms. The topological polar surface area (TPSA) is 88.6 Å². The fourth-order valence-corrected chi connectivity index (χ4v) is 4.40. The maximum atomic E-state index is 12.8. The molecule has 3 rings (SSSR count). The van der Waals surface area contributed by atoms with Gasteiger partial charge in [-0.3, -0.25) is 4.79 Å². The van der Waals surface area contributed by atoms with Crippen LogP contribution in [0.1, 0.15) is 13.3 Å². The third-order valence-electron chi connectivity index (χ3n) is 3.91. The van der Waals surface area contributed by atoms with Crippen molar-refractivity contribution in [1.29, 1.82) is 0 Å². The number of carbonyl (C=O) groups is 1. The molecular weight excluding hydrogens is 422 g/mol. The first-order chi connectivity index (χ1) is 12.3. The summed E-state index contributed by atoms with van der Waals surface area (Å²) in [6.07, 6.45) is 1.99. The maximum absolute atomic E-state index is 12.8. The molecule has 0 spiro atoms. The Labute approximate surface area is 160 Å². The number of amides is 1. The highest BCUT2D eigenvalue weighted by molar-refractivity contribution is 9.10. The van der Waals surface area contributed by atoms with Gasteiger partial charge in [0, 0.05) is 35.9 Å². The number of benzene rings is 1. The zero-order valence-electron chi connectivity index (χ0n) is 14.1. The molecule has 0 bridgehead atoms. The van der Waals surface area contributed by atoms with Crippen LogP contribution in [0.5, 0.6) is 5.88 Å². The van der Waals surface area contributed by atoms with E-state index in [9.17, 15) is 13.2 Å². The molecule has 1 amide bonds. The summed E-state index contributed by atoms with van der Waals surface area (Å²) in [7, 11) is -3.60. The van der Waals surface area contributed by atoms with Crippen LogP contribution in [-0.2, 0) is 14.8 Å². The van der Waals surface area contributed by atoms with Crippen molar-refractivity contribution >= 4 is 37.5 Å². The largest absolute Gasteiger partial charge is 0.473 e. The minimum Gasteiger partial charge on any atom is -0.473 e. The van der Waals surface area contributed by atoms with Crippen LogP contribution in [0, 0.1) is 0 Å². The summed E-state index contributed by atoms with van der Waals surface area (Å²) in [5.74, 6) is 0.263. The van der Waals surface area contributed by atoms with Crippen molar-refractivity contribution in [3.8, 4) is 5.88 Å². The summed E-state index contributed by atoms with van der Waals surface area (Å²) in [6.45, 7) is 2.06. The minimum absolute atomic E-state index is 0.189. The summed E-state index contributed by atoms with van der Waals surface area (Å²) in [5.41, 5.74) is 0.556. The molecule has 1 aromatic heterocycles. The van der Waals surface area contributed by atoms with Gasteiger partial charge in [0.05, 0.1) is 11.4 Å². The van der Waals surface area contributed by atoms with Crippen LogP contribution in [-0.4, -0.2) is 42.8 Å². The quantitative estimate of drug-likeness (QED) is 0.773. The molecule has 1 aliphatic rings. The first-order valence-electron chi connectivity index (χ1n) is 8.00. The molecule has 1 saturated heterocycles. The number of ether oxygens (including phenoxy) is 1. The number of pyridine rings is 1. The van der Waals surface area contributed by atoms with E-state index in [2.05, 4.69) is 26.2 Å².